The Balaban J connectivity index is 1.85. The molecule has 4 heteroatoms. The number of carbonyl (C=O) groups is 1. The zero-order valence-electron chi connectivity index (χ0n) is 11.0. The number of likely N-dealkylation sites (N-methyl/N-ethyl adjacent to an activating group) is 1. The van der Waals surface area contributed by atoms with Crippen molar-refractivity contribution in [2.75, 3.05) is 11.9 Å². The summed E-state index contributed by atoms with van der Waals surface area (Å²) in [5.74, 6) is 0.949. The van der Waals surface area contributed by atoms with Crippen LogP contribution in [0.15, 0.2) is 47.1 Å². The molecule has 0 saturated heterocycles. The Morgan fingerprint density at radius 3 is 2.63 bits per heavy atom. The first-order valence-corrected chi connectivity index (χ1v) is 6.40. The molecule has 2 rings (SSSR count). The number of nitrogens with one attached hydrogen (secondary N) is 2. The summed E-state index contributed by atoms with van der Waals surface area (Å²) in [5, 5.41) is 6.04. The van der Waals surface area contributed by atoms with Gasteiger partial charge in [0.1, 0.15) is 5.76 Å². The van der Waals surface area contributed by atoms with Crippen molar-refractivity contribution in [1.29, 1.82) is 0 Å². The van der Waals surface area contributed by atoms with Gasteiger partial charge in [0.2, 0.25) is 5.91 Å². The first kappa shape index (κ1) is 13.2. The van der Waals surface area contributed by atoms with E-state index in [9.17, 15) is 4.79 Å². The highest BCUT2D eigenvalue weighted by Gasteiger charge is 2.02. The van der Waals surface area contributed by atoms with Crippen molar-refractivity contribution in [3.8, 4) is 0 Å². The minimum atomic E-state index is 0.0544. The van der Waals surface area contributed by atoms with Crippen LogP contribution in [0, 0.1) is 0 Å². The van der Waals surface area contributed by atoms with E-state index >= 15 is 0 Å². The first-order chi connectivity index (χ1) is 9.28. The number of hydrogen-bond donors (Lipinski definition) is 2. The number of hydrogen-bond acceptors (Lipinski definition) is 3. The maximum absolute atomic E-state index is 11.4. The predicted octanol–water partition coefficient (Wildman–Crippen LogP) is 2.57. The molecule has 100 valence electrons. The molecule has 1 amide bonds. The van der Waals surface area contributed by atoms with Gasteiger partial charge in [0.25, 0.3) is 0 Å². The molecular formula is C15H18N2O2. The molecule has 1 heterocycles. The molecule has 1 aromatic carbocycles. The second-order valence-corrected chi connectivity index (χ2v) is 4.26. The third-order valence-electron chi connectivity index (χ3n) is 2.74. The van der Waals surface area contributed by atoms with Crippen molar-refractivity contribution in [1.82, 2.24) is 5.32 Å². The van der Waals surface area contributed by atoms with Crippen LogP contribution in [-0.2, 0) is 17.8 Å². The van der Waals surface area contributed by atoms with Crippen molar-refractivity contribution in [3.63, 3.8) is 0 Å². The number of carbonyl (C=O) groups excluding carboxylic acids is 1. The van der Waals surface area contributed by atoms with Gasteiger partial charge in [-0.15, -0.1) is 0 Å². The summed E-state index contributed by atoms with van der Waals surface area (Å²) in [4.78, 5) is 11.4. The molecular weight excluding hydrogens is 240 g/mol. The number of benzene rings is 1. The fourth-order valence-corrected chi connectivity index (χ4v) is 1.79. The normalized spacial score (nSPS) is 10.2. The summed E-state index contributed by atoms with van der Waals surface area (Å²) < 4.78 is 5.24. The zero-order chi connectivity index (χ0) is 13.5. The molecule has 4 nitrogen and oxygen atoms in total. The van der Waals surface area contributed by atoms with E-state index in [4.69, 9.17) is 4.42 Å². The summed E-state index contributed by atoms with van der Waals surface area (Å²) in [7, 11) is 0. The lowest BCUT2D eigenvalue weighted by molar-refractivity contribution is -0.120. The van der Waals surface area contributed by atoms with Crippen LogP contribution in [-0.4, -0.2) is 12.5 Å². The average molecular weight is 258 g/mol. The Bertz CT molecular complexity index is 503. The Morgan fingerprint density at radius 2 is 2.00 bits per heavy atom. The highest BCUT2D eigenvalue weighted by atomic mass is 16.3. The molecule has 2 aromatic rings. The second-order valence-electron chi connectivity index (χ2n) is 4.26. The molecule has 0 spiro atoms. The monoisotopic (exact) mass is 258 g/mol. The Hall–Kier alpha value is -2.23. The zero-order valence-corrected chi connectivity index (χ0v) is 11.0. The average Bonchev–Trinajstić information content (AvgIpc) is 2.91. The van der Waals surface area contributed by atoms with E-state index in [1.807, 2.05) is 43.3 Å². The van der Waals surface area contributed by atoms with Gasteiger partial charge < -0.3 is 15.1 Å². The van der Waals surface area contributed by atoms with Gasteiger partial charge in [-0.05, 0) is 36.8 Å². The van der Waals surface area contributed by atoms with Gasteiger partial charge in [0.15, 0.2) is 0 Å². The molecule has 0 aliphatic rings. The van der Waals surface area contributed by atoms with Gasteiger partial charge >= 0.3 is 0 Å². The third kappa shape index (κ3) is 4.17. The molecule has 0 unspecified atom stereocenters. The van der Waals surface area contributed by atoms with E-state index in [0.29, 0.717) is 19.5 Å². The number of anilines is 1. The van der Waals surface area contributed by atoms with Crippen LogP contribution in [0.5, 0.6) is 0 Å². The molecule has 1 aromatic heterocycles. The first-order valence-electron chi connectivity index (χ1n) is 6.40. The van der Waals surface area contributed by atoms with Gasteiger partial charge in [-0.2, -0.15) is 0 Å². The van der Waals surface area contributed by atoms with Gasteiger partial charge in [0.05, 0.1) is 19.2 Å². The van der Waals surface area contributed by atoms with E-state index in [1.165, 1.54) is 0 Å². The quantitative estimate of drug-likeness (QED) is 0.837. The largest absolute Gasteiger partial charge is 0.467 e. The predicted molar refractivity (Wildman–Crippen MR) is 74.9 cm³/mol. The molecule has 0 aliphatic carbocycles. The smallest absolute Gasteiger partial charge is 0.224 e. The highest BCUT2D eigenvalue weighted by Crippen LogP contribution is 2.12. The van der Waals surface area contributed by atoms with E-state index < -0.39 is 0 Å². The van der Waals surface area contributed by atoms with Crippen molar-refractivity contribution in [2.45, 2.75) is 19.9 Å². The van der Waals surface area contributed by atoms with Crippen molar-refractivity contribution >= 4 is 11.6 Å². The Labute approximate surface area is 112 Å². The highest BCUT2D eigenvalue weighted by molar-refractivity contribution is 5.78. The van der Waals surface area contributed by atoms with Crippen molar-refractivity contribution in [2.24, 2.45) is 0 Å². The molecule has 19 heavy (non-hydrogen) atoms. The molecule has 0 saturated carbocycles. The van der Waals surface area contributed by atoms with Crippen LogP contribution < -0.4 is 10.6 Å². The topological polar surface area (TPSA) is 54.3 Å². The van der Waals surface area contributed by atoms with Crippen molar-refractivity contribution < 1.29 is 9.21 Å². The lowest BCUT2D eigenvalue weighted by atomic mass is 10.1. The van der Waals surface area contributed by atoms with E-state index in [2.05, 4.69) is 10.6 Å². The molecule has 0 radical (unpaired) electrons. The second kappa shape index (κ2) is 6.64. The van der Waals surface area contributed by atoms with Crippen LogP contribution in [0.3, 0.4) is 0 Å². The van der Waals surface area contributed by atoms with Crippen LogP contribution in [0.4, 0.5) is 5.69 Å². The van der Waals surface area contributed by atoms with Crippen molar-refractivity contribution in [3.05, 3.63) is 54.0 Å². The van der Waals surface area contributed by atoms with Gasteiger partial charge in [-0.25, -0.2) is 0 Å². The van der Waals surface area contributed by atoms with E-state index in [0.717, 1.165) is 17.0 Å². The minimum absolute atomic E-state index is 0.0544. The standard InChI is InChI=1S/C15H18N2O2/c1-2-16-15(18)10-12-5-7-13(8-6-12)17-11-14-4-3-9-19-14/h3-9,17H,2,10-11H2,1H3,(H,16,18). The van der Waals surface area contributed by atoms with Crippen LogP contribution >= 0.6 is 0 Å². The molecule has 2 N–H and O–H groups in total. The fourth-order valence-electron chi connectivity index (χ4n) is 1.79. The lowest BCUT2D eigenvalue weighted by Gasteiger charge is -2.06. The van der Waals surface area contributed by atoms with Crippen LogP contribution in [0.25, 0.3) is 0 Å². The van der Waals surface area contributed by atoms with E-state index in [1.54, 1.807) is 6.26 Å². The third-order valence-corrected chi connectivity index (χ3v) is 2.74. The van der Waals surface area contributed by atoms with E-state index in [-0.39, 0.29) is 5.91 Å². The maximum atomic E-state index is 11.4. The summed E-state index contributed by atoms with van der Waals surface area (Å²) in [6.07, 6.45) is 2.08. The Kier molecular flexibility index (Phi) is 4.61. The lowest BCUT2D eigenvalue weighted by Crippen LogP contribution is -2.24. The van der Waals surface area contributed by atoms with Crippen LogP contribution in [0.1, 0.15) is 18.2 Å². The van der Waals surface area contributed by atoms with Gasteiger partial charge in [-0.3, -0.25) is 4.79 Å². The van der Waals surface area contributed by atoms with Crippen LogP contribution in [0.2, 0.25) is 0 Å². The fraction of sp³-hybridized carbons (Fsp3) is 0.267. The molecule has 0 bridgehead atoms. The summed E-state index contributed by atoms with van der Waals surface area (Å²) >= 11 is 0. The SMILES string of the molecule is CCNC(=O)Cc1ccc(NCc2ccco2)cc1. The molecule has 0 fully saturated rings. The maximum Gasteiger partial charge on any atom is 0.224 e. The molecule has 0 atom stereocenters. The minimum Gasteiger partial charge on any atom is -0.467 e. The number of furan rings is 1. The summed E-state index contributed by atoms with van der Waals surface area (Å²) in [6, 6.07) is 11.7. The summed E-state index contributed by atoms with van der Waals surface area (Å²) in [5.41, 5.74) is 2.02. The van der Waals surface area contributed by atoms with Gasteiger partial charge in [0, 0.05) is 12.2 Å². The Morgan fingerprint density at radius 1 is 1.21 bits per heavy atom. The number of amides is 1. The molecule has 0 aliphatic heterocycles. The number of rotatable bonds is 6. The summed E-state index contributed by atoms with van der Waals surface area (Å²) in [6.45, 7) is 3.24. The van der Waals surface area contributed by atoms with Gasteiger partial charge in [-0.1, -0.05) is 12.1 Å².